The molecule has 0 aromatic rings. The average molecular weight is 213 g/mol. The normalized spacial score (nSPS) is 11.0. The molecule has 0 bridgehead atoms. The lowest BCUT2D eigenvalue weighted by atomic mass is 10.1. The fourth-order valence-corrected chi connectivity index (χ4v) is 0.918. The van der Waals surface area contributed by atoms with Crippen LogP contribution in [0.3, 0.4) is 0 Å². The topological polar surface area (TPSA) is 120 Å². The third-order valence-electron chi connectivity index (χ3n) is 1.56. The number of carboxylic acids is 1. The lowest BCUT2D eigenvalue weighted by Gasteiger charge is -2.10. The van der Waals surface area contributed by atoms with Crippen molar-refractivity contribution in [2.45, 2.75) is 25.8 Å². The summed E-state index contributed by atoms with van der Waals surface area (Å²) in [4.78, 5) is 34.6. The van der Waals surface area contributed by atoms with Crippen LogP contribution in [0.2, 0.25) is 0 Å². The number of ketones is 1. The zero-order chi connectivity index (χ0) is 11.8. The molecule has 0 aromatic carbocycles. The first kappa shape index (κ1) is 13.0. The molecule has 0 aliphatic carbocycles. The molecule has 15 heavy (non-hydrogen) atoms. The Balaban J connectivity index is 4.18. The molecule has 0 saturated heterocycles. The molecule has 7 heteroatoms. The number of aliphatic carboxylic acids is 1. The smallest absolute Gasteiger partial charge is 0.326 e. The number of nitrogens with zero attached hydrogens (tertiary/aromatic N) is 2. The van der Waals surface area contributed by atoms with E-state index in [4.69, 9.17) is 10.6 Å². The summed E-state index contributed by atoms with van der Waals surface area (Å²) in [5.41, 5.74) is 8.02. The molecule has 0 aliphatic heterocycles. The molecule has 0 unspecified atom stereocenters. The summed E-state index contributed by atoms with van der Waals surface area (Å²) in [5, 5.41) is 10.8. The van der Waals surface area contributed by atoms with Gasteiger partial charge in [-0.2, -0.15) is 4.79 Å². The predicted octanol–water partition coefficient (Wildman–Crippen LogP) is -0.774. The summed E-state index contributed by atoms with van der Waals surface area (Å²) in [5.74, 6) is -2.20. The van der Waals surface area contributed by atoms with Crippen LogP contribution in [-0.2, 0) is 14.4 Å². The first-order chi connectivity index (χ1) is 6.97. The maximum absolute atomic E-state index is 10.8. The summed E-state index contributed by atoms with van der Waals surface area (Å²) >= 11 is 0. The quantitative estimate of drug-likeness (QED) is 0.341. The number of carbonyl (C=O) groups is 3. The van der Waals surface area contributed by atoms with Crippen molar-refractivity contribution in [3.05, 3.63) is 5.53 Å². The minimum Gasteiger partial charge on any atom is -0.480 e. The van der Waals surface area contributed by atoms with Crippen LogP contribution in [0.15, 0.2) is 0 Å². The van der Waals surface area contributed by atoms with Crippen LogP contribution in [0.25, 0.3) is 5.53 Å². The minimum absolute atomic E-state index is 0.0419. The van der Waals surface area contributed by atoms with Gasteiger partial charge in [-0.05, 0) is 6.42 Å². The largest absolute Gasteiger partial charge is 0.480 e. The standard InChI is InChI=1S/C8H11N3O4/c1-5(12)11-7(8(14)15)3-2-6(13)4-10-9/h4,7H,2-3H2,1H3,(H,11,12)(H,14,15)/t7-/m1/s1. The van der Waals surface area contributed by atoms with E-state index in [0.717, 1.165) is 0 Å². The second kappa shape index (κ2) is 6.44. The van der Waals surface area contributed by atoms with Crippen LogP contribution in [0.1, 0.15) is 19.8 Å². The highest BCUT2D eigenvalue weighted by Gasteiger charge is 2.19. The highest BCUT2D eigenvalue weighted by molar-refractivity contribution is 6.25. The Bertz CT molecular complexity index is 320. The van der Waals surface area contributed by atoms with Crippen molar-refractivity contribution in [2.24, 2.45) is 0 Å². The molecular weight excluding hydrogens is 202 g/mol. The van der Waals surface area contributed by atoms with E-state index in [-0.39, 0.29) is 12.8 Å². The van der Waals surface area contributed by atoms with Crippen LogP contribution in [0.4, 0.5) is 0 Å². The maximum Gasteiger partial charge on any atom is 0.326 e. The van der Waals surface area contributed by atoms with Crippen LogP contribution in [0.5, 0.6) is 0 Å². The first-order valence-electron chi connectivity index (χ1n) is 4.17. The third kappa shape index (κ3) is 6.11. The van der Waals surface area contributed by atoms with Gasteiger partial charge in [-0.1, -0.05) is 0 Å². The van der Waals surface area contributed by atoms with Gasteiger partial charge >= 0.3 is 12.2 Å². The van der Waals surface area contributed by atoms with E-state index >= 15 is 0 Å². The molecule has 0 aromatic heterocycles. The van der Waals surface area contributed by atoms with E-state index in [1.54, 1.807) is 0 Å². The Labute approximate surface area is 85.7 Å². The molecule has 0 saturated carbocycles. The first-order valence-corrected chi connectivity index (χ1v) is 4.17. The molecular formula is C8H11N3O4. The molecule has 0 rings (SSSR count). The monoisotopic (exact) mass is 213 g/mol. The molecule has 1 atom stereocenters. The van der Waals surface area contributed by atoms with Gasteiger partial charge in [0.25, 0.3) is 0 Å². The van der Waals surface area contributed by atoms with Gasteiger partial charge in [0.15, 0.2) is 0 Å². The SMILES string of the molecule is CC(=O)N[C@H](CCC(=O)C=[N+]=[N-])C(=O)O. The predicted molar refractivity (Wildman–Crippen MR) is 49.2 cm³/mol. The van der Waals surface area contributed by atoms with E-state index in [9.17, 15) is 14.4 Å². The van der Waals surface area contributed by atoms with Gasteiger partial charge in [-0.15, -0.1) is 0 Å². The Hall–Kier alpha value is -2.01. The fourth-order valence-electron chi connectivity index (χ4n) is 0.918. The number of Topliss-reactive ketones (excluding diaryl/α,β-unsaturated/α-hetero) is 1. The highest BCUT2D eigenvalue weighted by atomic mass is 16.4. The van der Waals surface area contributed by atoms with E-state index in [1.165, 1.54) is 6.92 Å². The van der Waals surface area contributed by atoms with Crippen LogP contribution < -0.4 is 5.32 Å². The summed E-state index contributed by atoms with van der Waals surface area (Å²) in [6, 6.07) is -1.10. The Morgan fingerprint density at radius 2 is 2.13 bits per heavy atom. The van der Waals surface area contributed by atoms with Gasteiger partial charge in [0.05, 0.1) is 0 Å². The second-order valence-electron chi connectivity index (χ2n) is 2.84. The second-order valence-corrected chi connectivity index (χ2v) is 2.84. The summed E-state index contributed by atoms with van der Waals surface area (Å²) in [6.07, 6.45) is 0.535. The minimum atomic E-state index is -1.21. The molecule has 82 valence electrons. The zero-order valence-electron chi connectivity index (χ0n) is 8.14. The zero-order valence-corrected chi connectivity index (χ0v) is 8.14. The van der Waals surface area contributed by atoms with Gasteiger partial charge in [-0.3, -0.25) is 9.59 Å². The molecule has 0 aliphatic rings. The number of rotatable bonds is 6. The average Bonchev–Trinajstić information content (AvgIpc) is 2.11. The third-order valence-corrected chi connectivity index (χ3v) is 1.56. The van der Waals surface area contributed by atoms with Crippen LogP contribution >= 0.6 is 0 Å². The molecule has 0 heterocycles. The van der Waals surface area contributed by atoms with Crippen molar-refractivity contribution in [3.63, 3.8) is 0 Å². The molecule has 0 spiro atoms. The summed E-state index contributed by atoms with van der Waals surface area (Å²) < 4.78 is 0. The van der Waals surface area contributed by atoms with E-state index in [1.807, 2.05) is 0 Å². The van der Waals surface area contributed by atoms with E-state index < -0.39 is 23.7 Å². The molecule has 1 amide bonds. The number of hydrogen-bond acceptors (Lipinski definition) is 3. The molecule has 7 nitrogen and oxygen atoms in total. The van der Waals surface area contributed by atoms with Crippen molar-refractivity contribution in [1.82, 2.24) is 5.32 Å². The Morgan fingerprint density at radius 1 is 1.53 bits per heavy atom. The van der Waals surface area contributed by atoms with Crippen molar-refractivity contribution >= 4 is 23.9 Å². The van der Waals surface area contributed by atoms with Crippen molar-refractivity contribution in [1.29, 1.82) is 0 Å². The number of nitrogens with one attached hydrogen (secondary N) is 1. The van der Waals surface area contributed by atoms with Gasteiger partial charge in [0.1, 0.15) is 6.04 Å². The summed E-state index contributed by atoms with van der Waals surface area (Å²) in [6.45, 7) is 1.19. The van der Waals surface area contributed by atoms with Crippen LogP contribution in [-0.4, -0.2) is 39.8 Å². The lowest BCUT2D eigenvalue weighted by molar-refractivity contribution is -0.141. The number of carboxylic acid groups (broad SMARTS) is 1. The van der Waals surface area contributed by atoms with Gasteiger partial charge < -0.3 is 16.0 Å². The Morgan fingerprint density at radius 3 is 2.53 bits per heavy atom. The van der Waals surface area contributed by atoms with Crippen molar-refractivity contribution in [2.75, 3.05) is 0 Å². The lowest BCUT2D eigenvalue weighted by Crippen LogP contribution is -2.39. The van der Waals surface area contributed by atoms with Gasteiger partial charge in [-0.25, -0.2) is 4.79 Å². The molecule has 0 radical (unpaired) electrons. The Kier molecular flexibility index (Phi) is 5.58. The number of hydrogen-bond donors (Lipinski definition) is 2. The molecule has 2 N–H and O–H groups in total. The van der Waals surface area contributed by atoms with Gasteiger partial charge in [0, 0.05) is 13.3 Å². The van der Waals surface area contributed by atoms with Gasteiger partial charge in [0.2, 0.25) is 11.7 Å². The van der Waals surface area contributed by atoms with E-state index in [0.29, 0.717) is 6.21 Å². The molecule has 0 fully saturated rings. The van der Waals surface area contributed by atoms with Crippen molar-refractivity contribution in [3.8, 4) is 0 Å². The van der Waals surface area contributed by atoms with Crippen molar-refractivity contribution < 1.29 is 24.3 Å². The number of amides is 1. The number of carbonyl (C=O) groups excluding carboxylic acids is 2. The van der Waals surface area contributed by atoms with Crippen LogP contribution in [0, 0.1) is 0 Å². The van der Waals surface area contributed by atoms with E-state index in [2.05, 4.69) is 10.1 Å². The maximum atomic E-state index is 10.8. The fraction of sp³-hybridized carbons (Fsp3) is 0.500. The highest BCUT2D eigenvalue weighted by Crippen LogP contribution is 1.98. The summed E-state index contributed by atoms with van der Waals surface area (Å²) in [7, 11) is 0.